The summed E-state index contributed by atoms with van der Waals surface area (Å²) in [6.45, 7) is 20.6. The van der Waals surface area contributed by atoms with Crippen molar-refractivity contribution in [2.75, 3.05) is 43.4 Å². The summed E-state index contributed by atoms with van der Waals surface area (Å²) in [6.07, 6.45) is 5.42. The van der Waals surface area contributed by atoms with E-state index in [0.29, 0.717) is 29.3 Å². The molecule has 7 heteroatoms. The summed E-state index contributed by atoms with van der Waals surface area (Å²) >= 11 is 6.25. The molecule has 0 spiro atoms. The highest BCUT2D eigenvalue weighted by Crippen LogP contribution is 2.26. The molecule has 0 saturated carbocycles. The normalized spacial score (nSPS) is 12.4. The Labute approximate surface area is 227 Å². The molecule has 1 aromatic carbocycles. The maximum absolute atomic E-state index is 13.1. The van der Waals surface area contributed by atoms with Crippen LogP contribution in [0.5, 0.6) is 5.75 Å². The third-order valence-electron chi connectivity index (χ3n) is 6.49. The average Bonchev–Trinajstić information content (AvgIpc) is 2.92. The fraction of sp³-hybridized carbons (Fsp3) is 0.433. The van der Waals surface area contributed by atoms with Gasteiger partial charge in [-0.3, -0.25) is 9.36 Å². The van der Waals surface area contributed by atoms with Crippen molar-refractivity contribution in [1.82, 2.24) is 9.47 Å². The fourth-order valence-corrected chi connectivity index (χ4v) is 4.23. The van der Waals surface area contributed by atoms with E-state index in [1.807, 2.05) is 31.2 Å². The standard InChI is InChI=1S/C30H43ClN4O2/c1-8-13-25(21-32-24-14-16-26(17-15-24)37-19-18-35(11-4)12-5)33-29-23(9-2)20-27(30(36)34(29)7)22(6)28(31)10-3/h9-10,14-17,20,25,32-33H,2,6,8,11-13,18-19,21H2,1,3-5,7H3. The summed E-state index contributed by atoms with van der Waals surface area (Å²) in [6, 6.07) is 9.97. The lowest BCUT2D eigenvalue weighted by Gasteiger charge is -2.24. The maximum Gasteiger partial charge on any atom is 0.259 e. The molecule has 0 radical (unpaired) electrons. The van der Waals surface area contributed by atoms with E-state index >= 15 is 0 Å². The minimum atomic E-state index is -0.155. The number of hydrogen-bond acceptors (Lipinski definition) is 5. The van der Waals surface area contributed by atoms with Crippen LogP contribution in [0.3, 0.4) is 0 Å². The third-order valence-corrected chi connectivity index (χ3v) is 6.93. The van der Waals surface area contributed by atoms with Crippen LogP contribution in [0.1, 0.15) is 51.7 Å². The summed E-state index contributed by atoms with van der Waals surface area (Å²) < 4.78 is 7.51. The first-order valence-corrected chi connectivity index (χ1v) is 13.5. The van der Waals surface area contributed by atoms with Crippen LogP contribution in [0.15, 0.2) is 59.4 Å². The second-order valence-electron chi connectivity index (χ2n) is 8.96. The molecular formula is C30H43ClN4O2. The van der Waals surface area contributed by atoms with E-state index in [1.54, 1.807) is 29.8 Å². The average molecular weight is 527 g/mol. The number of aromatic nitrogens is 1. The van der Waals surface area contributed by atoms with E-state index in [9.17, 15) is 4.79 Å². The smallest absolute Gasteiger partial charge is 0.259 e. The number of nitrogens with one attached hydrogen (secondary N) is 2. The SMILES string of the molecule is C=Cc1cc(C(=C)C(Cl)=CC)c(=O)n(C)c1NC(CCC)CNc1ccc(OCCN(CC)CC)cc1. The Hall–Kier alpha value is -2.96. The second kappa shape index (κ2) is 15.3. The minimum absolute atomic E-state index is 0.104. The van der Waals surface area contributed by atoms with Gasteiger partial charge in [0.15, 0.2) is 0 Å². The molecule has 0 aliphatic heterocycles. The Morgan fingerprint density at radius 2 is 1.89 bits per heavy atom. The zero-order valence-corrected chi connectivity index (χ0v) is 23.8. The number of halogens is 1. The van der Waals surface area contributed by atoms with Crippen LogP contribution in [0.25, 0.3) is 11.6 Å². The summed E-state index contributed by atoms with van der Waals surface area (Å²) in [4.78, 5) is 15.5. The first-order valence-electron chi connectivity index (χ1n) is 13.1. The number of pyridine rings is 1. The number of hydrogen-bond donors (Lipinski definition) is 2. The molecule has 1 heterocycles. The molecule has 2 aromatic rings. The van der Waals surface area contributed by atoms with Gasteiger partial charge in [-0.05, 0) is 62.3 Å². The first-order chi connectivity index (χ1) is 17.8. The Bertz CT molecular complexity index is 1120. The van der Waals surface area contributed by atoms with E-state index in [0.717, 1.165) is 55.3 Å². The summed E-state index contributed by atoms with van der Waals surface area (Å²) in [5.41, 5.74) is 2.66. The van der Waals surface area contributed by atoms with Crippen LogP contribution in [0, 0.1) is 0 Å². The number of benzene rings is 1. The molecule has 2 rings (SSSR count). The predicted molar refractivity (Wildman–Crippen MR) is 161 cm³/mol. The number of rotatable bonds is 16. The van der Waals surface area contributed by atoms with Gasteiger partial charge in [0.2, 0.25) is 0 Å². The van der Waals surface area contributed by atoms with E-state index in [2.05, 4.69) is 49.5 Å². The number of anilines is 2. The van der Waals surface area contributed by atoms with Crippen LogP contribution in [-0.2, 0) is 7.05 Å². The molecule has 0 amide bonds. The fourth-order valence-electron chi connectivity index (χ4n) is 4.13. The maximum atomic E-state index is 13.1. The lowest BCUT2D eigenvalue weighted by Crippen LogP contribution is -2.33. The Morgan fingerprint density at radius 3 is 2.46 bits per heavy atom. The molecule has 202 valence electrons. The summed E-state index contributed by atoms with van der Waals surface area (Å²) in [7, 11) is 1.76. The third kappa shape index (κ3) is 8.54. The Morgan fingerprint density at radius 1 is 1.22 bits per heavy atom. The molecule has 0 aliphatic carbocycles. The minimum Gasteiger partial charge on any atom is -0.492 e. The van der Waals surface area contributed by atoms with Crippen molar-refractivity contribution in [2.24, 2.45) is 7.05 Å². The molecule has 0 aliphatic rings. The van der Waals surface area contributed by atoms with Gasteiger partial charge in [0.25, 0.3) is 5.56 Å². The molecule has 0 fully saturated rings. The van der Waals surface area contributed by atoms with Gasteiger partial charge in [-0.25, -0.2) is 0 Å². The van der Waals surface area contributed by atoms with Crippen molar-refractivity contribution in [3.63, 3.8) is 0 Å². The first kappa shape index (κ1) is 30.3. The van der Waals surface area contributed by atoms with Gasteiger partial charge in [0.05, 0.1) is 0 Å². The Kier molecular flexibility index (Phi) is 12.5. The highest BCUT2D eigenvalue weighted by molar-refractivity contribution is 6.36. The van der Waals surface area contributed by atoms with E-state index in [4.69, 9.17) is 16.3 Å². The van der Waals surface area contributed by atoms with Gasteiger partial charge >= 0.3 is 0 Å². The summed E-state index contributed by atoms with van der Waals surface area (Å²) in [5, 5.41) is 7.55. The molecule has 37 heavy (non-hydrogen) atoms. The zero-order valence-electron chi connectivity index (χ0n) is 23.1. The van der Waals surface area contributed by atoms with Gasteiger partial charge in [-0.15, -0.1) is 0 Å². The van der Waals surface area contributed by atoms with Crippen molar-refractivity contribution in [2.45, 2.75) is 46.6 Å². The van der Waals surface area contributed by atoms with Gasteiger partial charge in [-0.1, -0.05) is 64.1 Å². The van der Waals surface area contributed by atoms with Crippen molar-refractivity contribution in [3.8, 4) is 5.75 Å². The summed E-state index contributed by atoms with van der Waals surface area (Å²) in [5.74, 6) is 1.59. The van der Waals surface area contributed by atoms with Crippen molar-refractivity contribution in [3.05, 3.63) is 76.1 Å². The van der Waals surface area contributed by atoms with Gasteiger partial charge in [-0.2, -0.15) is 0 Å². The van der Waals surface area contributed by atoms with Crippen LogP contribution in [0.2, 0.25) is 0 Å². The topological polar surface area (TPSA) is 58.5 Å². The van der Waals surface area contributed by atoms with Gasteiger partial charge < -0.3 is 20.3 Å². The quantitative estimate of drug-likeness (QED) is 0.241. The highest BCUT2D eigenvalue weighted by atomic mass is 35.5. The number of allylic oxidation sites excluding steroid dienone is 3. The number of likely N-dealkylation sites (N-methyl/N-ethyl adjacent to an activating group) is 1. The zero-order chi connectivity index (χ0) is 27.4. The van der Waals surface area contributed by atoms with Crippen LogP contribution < -0.4 is 20.9 Å². The Balaban J connectivity index is 2.10. The van der Waals surface area contributed by atoms with Crippen LogP contribution in [-0.4, -0.2) is 48.3 Å². The lowest BCUT2D eigenvalue weighted by molar-refractivity contribution is 0.223. The largest absolute Gasteiger partial charge is 0.492 e. The molecule has 0 bridgehead atoms. The van der Waals surface area contributed by atoms with E-state index in [1.165, 1.54) is 0 Å². The molecule has 2 N–H and O–H groups in total. The van der Waals surface area contributed by atoms with Gasteiger partial charge in [0, 0.05) is 48.0 Å². The number of nitrogens with zero attached hydrogens (tertiary/aromatic N) is 2. The van der Waals surface area contributed by atoms with E-state index in [-0.39, 0.29) is 11.6 Å². The molecular weight excluding hydrogens is 484 g/mol. The monoisotopic (exact) mass is 526 g/mol. The molecule has 6 nitrogen and oxygen atoms in total. The van der Waals surface area contributed by atoms with Crippen molar-refractivity contribution in [1.29, 1.82) is 0 Å². The lowest BCUT2D eigenvalue weighted by atomic mass is 10.0. The second-order valence-corrected chi connectivity index (χ2v) is 9.36. The molecule has 0 saturated heterocycles. The van der Waals surface area contributed by atoms with Crippen molar-refractivity contribution < 1.29 is 4.74 Å². The van der Waals surface area contributed by atoms with Gasteiger partial charge in [0.1, 0.15) is 18.2 Å². The van der Waals surface area contributed by atoms with Crippen molar-refractivity contribution >= 4 is 34.8 Å². The number of ether oxygens (including phenoxy) is 1. The predicted octanol–water partition coefficient (Wildman–Crippen LogP) is 6.60. The van der Waals surface area contributed by atoms with Crippen LogP contribution in [0.4, 0.5) is 11.5 Å². The van der Waals surface area contributed by atoms with E-state index < -0.39 is 0 Å². The molecule has 1 unspecified atom stereocenters. The highest BCUT2D eigenvalue weighted by Gasteiger charge is 2.17. The molecule has 1 aromatic heterocycles. The molecule has 1 atom stereocenters. The van der Waals surface area contributed by atoms with Crippen LogP contribution >= 0.6 is 11.6 Å².